The number of hydrogen-bond acceptors (Lipinski definition) is 6. The number of carbonyl (C=O) groups is 5. The molecule has 50 heavy (non-hydrogen) atoms. The molecule has 2 rings (SSSR count). The fraction of sp³-hybridized carbons (Fsp3) is 0.639. The number of likely N-dealkylation sites (N-methyl/N-ethyl adjacent to an activating group) is 2. The van der Waals surface area contributed by atoms with Crippen molar-refractivity contribution in [3.8, 4) is 0 Å². The van der Waals surface area contributed by atoms with E-state index in [9.17, 15) is 37.5 Å². The van der Waals surface area contributed by atoms with Gasteiger partial charge in [-0.25, -0.2) is 9.59 Å². The number of rotatable bonds is 11. The maximum absolute atomic E-state index is 14.1. The Morgan fingerprint density at radius 1 is 0.980 bits per heavy atom. The summed E-state index contributed by atoms with van der Waals surface area (Å²) in [5.41, 5.74) is 2.57. The maximum atomic E-state index is 14.1. The van der Waals surface area contributed by atoms with E-state index in [2.05, 4.69) is 36.6 Å². The molecule has 1 aliphatic heterocycles. The summed E-state index contributed by atoms with van der Waals surface area (Å²) in [5.74, 6) is -4.68. The van der Waals surface area contributed by atoms with Gasteiger partial charge in [0.2, 0.25) is 17.7 Å². The number of halogens is 3. The minimum atomic E-state index is -5.08. The van der Waals surface area contributed by atoms with Gasteiger partial charge in [-0.1, -0.05) is 72.7 Å². The van der Waals surface area contributed by atoms with Crippen LogP contribution >= 0.6 is 0 Å². The van der Waals surface area contributed by atoms with Gasteiger partial charge in [0.1, 0.15) is 12.1 Å². The van der Waals surface area contributed by atoms with E-state index in [4.69, 9.17) is 9.90 Å². The van der Waals surface area contributed by atoms with Gasteiger partial charge in [-0.05, 0) is 68.7 Å². The largest absolute Gasteiger partial charge is 0.490 e. The van der Waals surface area contributed by atoms with Crippen molar-refractivity contribution < 1.29 is 47.4 Å². The van der Waals surface area contributed by atoms with Gasteiger partial charge in [-0.3, -0.25) is 14.4 Å². The number of carboxylic acids is 2. The van der Waals surface area contributed by atoms with Crippen LogP contribution in [0, 0.1) is 25.2 Å². The van der Waals surface area contributed by atoms with Crippen LogP contribution in [-0.2, 0) is 29.4 Å². The second kappa shape index (κ2) is 17.3. The minimum Gasteiger partial charge on any atom is -0.480 e. The van der Waals surface area contributed by atoms with Gasteiger partial charge in [0, 0.05) is 24.6 Å². The number of likely N-dealkylation sites (tertiary alicyclic amines) is 1. The molecule has 0 unspecified atom stereocenters. The number of amides is 3. The third kappa shape index (κ3) is 11.3. The molecule has 1 fully saturated rings. The first-order valence-electron chi connectivity index (χ1n) is 16.5. The molecule has 0 aromatic heterocycles. The third-order valence-corrected chi connectivity index (χ3v) is 9.20. The molecule has 1 aromatic rings. The van der Waals surface area contributed by atoms with Crippen LogP contribution in [0.15, 0.2) is 29.8 Å². The van der Waals surface area contributed by atoms with E-state index >= 15 is 0 Å². The Bertz CT molecular complexity index is 1430. The molecule has 3 amide bonds. The molecule has 0 saturated carbocycles. The molecule has 0 aliphatic carbocycles. The lowest BCUT2D eigenvalue weighted by molar-refractivity contribution is -0.192. The monoisotopic (exact) mass is 712 g/mol. The van der Waals surface area contributed by atoms with Crippen LogP contribution in [0.1, 0.15) is 84.9 Å². The third-order valence-electron chi connectivity index (χ3n) is 9.20. The fourth-order valence-electron chi connectivity index (χ4n) is 5.93. The van der Waals surface area contributed by atoms with Crippen LogP contribution in [0.3, 0.4) is 0 Å². The van der Waals surface area contributed by atoms with Crippen LogP contribution < -0.4 is 10.6 Å². The first-order chi connectivity index (χ1) is 22.7. The van der Waals surface area contributed by atoms with Crippen molar-refractivity contribution in [1.82, 2.24) is 20.4 Å². The standard InChI is InChI=1S/C34H54N4O5.C2HF3O2/c1-20(2)26(19-23(5)30(40)38-17-13-14-25(38)32(42)43)37(12)31(41)28(33(6,7)8)36-29(39)27(35-11)34(9,10)24-16-15-21(3)22(4)18-24;3-2(4,5)1(6)7/h15-16,18-20,25-28,35H,13-14,17H2,1-12H3,(H,36,39)(H,42,43);(H,6,7)/b23-19+;/t25-,26+,27+,28+;/m0./s1. The number of aryl methyl sites for hydroxylation is 2. The quantitative estimate of drug-likeness (QED) is 0.238. The highest BCUT2D eigenvalue weighted by molar-refractivity contribution is 5.96. The summed E-state index contributed by atoms with van der Waals surface area (Å²) < 4.78 is 31.7. The predicted molar refractivity (Wildman–Crippen MR) is 184 cm³/mol. The van der Waals surface area contributed by atoms with Gasteiger partial charge < -0.3 is 30.6 Å². The van der Waals surface area contributed by atoms with Crippen LogP contribution in [0.2, 0.25) is 0 Å². The summed E-state index contributed by atoms with van der Waals surface area (Å²) in [6.07, 6.45) is -2.26. The summed E-state index contributed by atoms with van der Waals surface area (Å²) in [4.78, 5) is 64.8. The van der Waals surface area contributed by atoms with Crippen molar-refractivity contribution >= 4 is 29.7 Å². The van der Waals surface area contributed by atoms with E-state index in [0.29, 0.717) is 25.0 Å². The van der Waals surface area contributed by atoms with Crippen LogP contribution in [0.25, 0.3) is 0 Å². The van der Waals surface area contributed by atoms with Crippen molar-refractivity contribution in [2.24, 2.45) is 11.3 Å². The second-order valence-electron chi connectivity index (χ2n) is 14.9. The molecule has 0 radical (unpaired) electrons. The highest BCUT2D eigenvalue weighted by Gasteiger charge is 2.42. The van der Waals surface area contributed by atoms with Crippen molar-refractivity contribution in [3.63, 3.8) is 0 Å². The Labute approximate surface area is 293 Å². The lowest BCUT2D eigenvalue weighted by Gasteiger charge is -2.40. The zero-order valence-electron chi connectivity index (χ0n) is 31.3. The van der Waals surface area contributed by atoms with Gasteiger partial charge in [-0.2, -0.15) is 13.2 Å². The van der Waals surface area contributed by atoms with E-state index in [0.717, 1.165) is 11.1 Å². The van der Waals surface area contributed by atoms with Gasteiger partial charge in [-0.15, -0.1) is 0 Å². The number of alkyl halides is 3. The van der Waals surface area contributed by atoms with Crippen molar-refractivity contribution in [1.29, 1.82) is 0 Å². The molecule has 1 saturated heterocycles. The Kier molecular flexibility index (Phi) is 15.3. The molecule has 1 aliphatic rings. The van der Waals surface area contributed by atoms with Gasteiger partial charge in [0.25, 0.3) is 0 Å². The van der Waals surface area contributed by atoms with Crippen molar-refractivity contribution in [2.75, 3.05) is 20.6 Å². The van der Waals surface area contributed by atoms with Crippen molar-refractivity contribution in [3.05, 3.63) is 46.5 Å². The van der Waals surface area contributed by atoms with Gasteiger partial charge in [0.15, 0.2) is 0 Å². The van der Waals surface area contributed by atoms with E-state index in [1.807, 2.05) is 54.5 Å². The Balaban J connectivity index is 0.00000161. The Morgan fingerprint density at radius 2 is 1.52 bits per heavy atom. The lowest BCUT2D eigenvalue weighted by Crippen LogP contribution is -2.61. The number of aliphatic carboxylic acids is 2. The van der Waals surface area contributed by atoms with Gasteiger partial charge in [0.05, 0.1) is 12.1 Å². The van der Waals surface area contributed by atoms with E-state index in [1.165, 1.54) is 10.5 Å². The molecule has 0 bridgehead atoms. The van der Waals surface area contributed by atoms with E-state index in [1.54, 1.807) is 32.0 Å². The normalized spacial score (nSPS) is 17.3. The fourth-order valence-corrected chi connectivity index (χ4v) is 5.93. The molecule has 4 atom stereocenters. The molecule has 14 heteroatoms. The molecular weight excluding hydrogens is 657 g/mol. The highest BCUT2D eigenvalue weighted by Crippen LogP contribution is 2.30. The average Bonchev–Trinajstić information content (AvgIpc) is 3.48. The molecule has 4 N–H and O–H groups in total. The van der Waals surface area contributed by atoms with E-state index in [-0.39, 0.29) is 23.6 Å². The first-order valence-corrected chi connectivity index (χ1v) is 16.5. The molecule has 11 nitrogen and oxygen atoms in total. The van der Waals surface area contributed by atoms with Crippen LogP contribution in [0.5, 0.6) is 0 Å². The van der Waals surface area contributed by atoms with Crippen LogP contribution in [0.4, 0.5) is 13.2 Å². The Morgan fingerprint density at radius 3 is 1.94 bits per heavy atom. The molecule has 1 aromatic carbocycles. The number of carbonyl (C=O) groups excluding carboxylic acids is 3. The Hall–Kier alpha value is -3.94. The molecular formula is C36H55F3N4O7. The van der Waals surface area contributed by atoms with Crippen molar-refractivity contribution in [2.45, 2.75) is 118 Å². The smallest absolute Gasteiger partial charge is 0.480 e. The number of carboxylic acid groups (broad SMARTS) is 2. The molecule has 282 valence electrons. The van der Waals surface area contributed by atoms with Crippen LogP contribution in [-0.4, -0.2) is 101 Å². The first kappa shape index (κ1) is 44.1. The second-order valence-corrected chi connectivity index (χ2v) is 14.9. The number of hydrogen-bond donors (Lipinski definition) is 4. The van der Waals surface area contributed by atoms with Gasteiger partial charge >= 0.3 is 18.1 Å². The SMILES string of the molecule is CN[C@H](C(=O)N[C@H](C(=O)N(C)[C@H](/C=C(\C)C(=O)N1CCC[C@H]1C(=O)O)C(C)C)C(C)(C)C)C(C)(C)c1ccc(C)c(C)c1.O=C(O)C(F)(F)F. The summed E-state index contributed by atoms with van der Waals surface area (Å²) in [5, 5.41) is 22.9. The minimum absolute atomic E-state index is 0.0457. The summed E-state index contributed by atoms with van der Waals surface area (Å²) in [6, 6.07) is 3.49. The number of benzene rings is 1. The summed E-state index contributed by atoms with van der Waals surface area (Å²) >= 11 is 0. The van der Waals surface area contributed by atoms with E-state index < -0.39 is 53.1 Å². The highest BCUT2D eigenvalue weighted by atomic mass is 19.4. The lowest BCUT2D eigenvalue weighted by atomic mass is 9.76. The topological polar surface area (TPSA) is 156 Å². The average molecular weight is 713 g/mol. The zero-order chi connectivity index (χ0) is 39.1. The number of nitrogens with zero attached hydrogens (tertiary/aromatic N) is 2. The molecule has 1 heterocycles. The molecule has 0 spiro atoms. The maximum Gasteiger partial charge on any atom is 0.490 e. The summed E-state index contributed by atoms with van der Waals surface area (Å²) in [6.45, 7) is 19.9. The summed E-state index contributed by atoms with van der Waals surface area (Å²) in [7, 11) is 3.44. The predicted octanol–water partition coefficient (Wildman–Crippen LogP) is 4.84. The number of nitrogens with one attached hydrogen (secondary N) is 2. The zero-order valence-corrected chi connectivity index (χ0v) is 31.3.